The lowest BCUT2D eigenvalue weighted by Crippen LogP contribution is -2.53. The van der Waals surface area contributed by atoms with Crippen LogP contribution in [0.2, 0.25) is 0 Å². The molecule has 1 aromatic heterocycles. The number of aryl methyl sites for hydroxylation is 2. The Kier molecular flexibility index (Phi) is 5.19. The molecule has 26 heavy (non-hydrogen) atoms. The smallest absolute Gasteiger partial charge is 0.265 e. The van der Waals surface area contributed by atoms with Gasteiger partial charge in [0, 0.05) is 32.2 Å². The fraction of sp³-hybridized carbons (Fsp3) is 0.412. The summed E-state index contributed by atoms with van der Waals surface area (Å²) >= 11 is 5.08. The van der Waals surface area contributed by atoms with Gasteiger partial charge in [0.15, 0.2) is 5.11 Å². The van der Waals surface area contributed by atoms with Crippen molar-refractivity contribution in [1.82, 2.24) is 20.0 Å². The van der Waals surface area contributed by atoms with Gasteiger partial charge in [-0.3, -0.25) is 24.5 Å². The van der Waals surface area contributed by atoms with E-state index in [4.69, 9.17) is 17.0 Å². The van der Waals surface area contributed by atoms with Gasteiger partial charge in [-0.2, -0.15) is 5.10 Å². The number of amides is 2. The first-order valence-corrected chi connectivity index (χ1v) is 8.71. The minimum atomic E-state index is -0.503. The number of hydrogen-bond donors (Lipinski definition) is 1. The largest absolute Gasteiger partial charge is 0.378 e. The van der Waals surface area contributed by atoms with Gasteiger partial charge < -0.3 is 9.64 Å². The summed E-state index contributed by atoms with van der Waals surface area (Å²) in [6.07, 6.45) is 3.16. The van der Waals surface area contributed by atoms with Crippen molar-refractivity contribution in [2.24, 2.45) is 7.05 Å². The predicted molar refractivity (Wildman–Crippen MR) is 102 cm³/mol. The van der Waals surface area contributed by atoms with E-state index in [0.29, 0.717) is 13.2 Å². The topological polar surface area (TPSA) is 79.7 Å². The number of carbonyl (C=O) groups is 2. The second-order valence-corrected chi connectivity index (χ2v) is 6.45. The zero-order chi connectivity index (χ0) is 18.8. The van der Waals surface area contributed by atoms with Crippen LogP contribution in [0.1, 0.15) is 11.3 Å². The average Bonchev–Trinajstić information content (AvgIpc) is 2.89. The Hall–Kier alpha value is -2.52. The molecule has 1 aromatic rings. The molecule has 1 N–H and O–H groups in total. The molecule has 3 heterocycles. The van der Waals surface area contributed by atoms with Crippen molar-refractivity contribution in [2.45, 2.75) is 6.92 Å². The summed E-state index contributed by atoms with van der Waals surface area (Å²) in [5.41, 5.74) is 1.52. The van der Waals surface area contributed by atoms with Crippen LogP contribution in [0, 0.1) is 6.92 Å². The van der Waals surface area contributed by atoms with Crippen LogP contribution in [0.5, 0.6) is 0 Å². The molecule has 0 saturated carbocycles. The second-order valence-electron chi connectivity index (χ2n) is 6.07. The lowest BCUT2D eigenvalue weighted by atomic mass is 10.1. The normalized spacial score (nSPS) is 19.9. The van der Waals surface area contributed by atoms with Crippen molar-refractivity contribution in [3.63, 3.8) is 0 Å². The predicted octanol–water partition coefficient (Wildman–Crippen LogP) is 0.378. The monoisotopic (exact) mass is 375 g/mol. The molecule has 0 aliphatic carbocycles. The number of anilines is 1. The van der Waals surface area contributed by atoms with Crippen molar-refractivity contribution in [3.8, 4) is 0 Å². The van der Waals surface area contributed by atoms with E-state index in [1.165, 1.54) is 4.90 Å². The van der Waals surface area contributed by atoms with Crippen LogP contribution in [0.25, 0.3) is 6.08 Å². The Bertz CT molecular complexity index is 808. The van der Waals surface area contributed by atoms with E-state index in [1.807, 2.05) is 14.0 Å². The van der Waals surface area contributed by atoms with Gasteiger partial charge in [-0.15, -0.1) is 6.58 Å². The van der Waals surface area contributed by atoms with Crippen molar-refractivity contribution in [2.75, 3.05) is 37.7 Å². The first-order valence-electron chi connectivity index (χ1n) is 8.30. The molecule has 0 spiro atoms. The fourth-order valence-corrected chi connectivity index (χ4v) is 3.36. The van der Waals surface area contributed by atoms with E-state index in [9.17, 15) is 9.59 Å². The number of aromatic nitrogens is 2. The Morgan fingerprint density at radius 2 is 2.04 bits per heavy atom. The van der Waals surface area contributed by atoms with E-state index >= 15 is 0 Å². The number of nitrogens with zero attached hydrogens (tertiary/aromatic N) is 4. The third-order valence-corrected chi connectivity index (χ3v) is 4.66. The van der Waals surface area contributed by atoms with E-state index < -0.39 is 11.8 Å². The number of ether oxygens (including phenoxy) is 1. The zero-order valence-electron chi connectivity index (χ0n) is 14.8. The van der Waals surface area contributed by atoms with Crippen LogP contribution in [-0.2, 0) is 21.4 Å². The molecule has 2 aliphatic rings. The standard InChI is InChI=1S/C17H21N5O3S/c1-4-5-22-16(24)13(14(23)18-17(22)26)10-12-11(2)19-20(3)15(12)21-6-8-25-9-7-21/h4,10H,1,5-9H2,2-3H3,(H,18,23,26). The van der Waals surface area contributed by atoms with Crippen LogP contribution >= 0.6 is 12.2 Å². The summed E-state index contributed by atoms with van der Waals surface area (Å²) in [4.78, 5) is 28.6. The molecule has 2 amide bonds. The maximum atomic E-state index is 12.7. The van der Waals surface area contributed by atoms with Gasteiger partial charge in [0.2, 0.25) is 0 Å². The molecule has 0 aromatic carbocycles. The first kappa shape index (κ1) is 18.3. The number of thiocarbonyl (C=S) groups is 1. The molecule has 8 nitrogen and oxygen atoms in total. The quantitative estimate of drug-likeness (QED) is 0.355. The minimum absolute atomic E-state index is 0.0334. The first-order chi connectivity index (χ1) is 12.4. The molecule has 2 aliphatic heterocycles. The average molecular weight is 375 g/mol. The van der Waals surface area contributed by atoms with E-state index in [-0.39, 0.29) is 17.2 Å². The highest BCUT2D eigenvalue weighted by Crippen LogP contribution is 2.27. The summed E-state index contributed by atoms with van der Waals surface area (Å²) in [6, 6.07) is 0. The molecule has 2 fully saturated rings. The number of nitrogens with one attached hydrogen (secondary N) is 1. The second kappa shape index (κ2) is 7.38. The molecular formula is C17H21N5O3S. The summed E-state index contributed by atoms with van der Waals surface area (Å²) in [5, 5.41) is 7.12. The number of carbonyl (C=O) groups excluding carboxylic acids is 2. The third kappa shape index (κ3) is 3.27. The molecular weight excluding hydrogens is 354 g/mol. The molecule has 0 unspecified atom stereocenters. The maximum absolute atomic E-state index is 12.7. The Morgan fingerprint density at radius 1 is 1.35 bits per heavy atom. The van der Waals surface area contributed by atoms with Gasteiger partial charge in [0.05, 0.1) is 18.9 Å². The molecule has 2 saturated heterocycles. The van der Waals surface area contributed by atoms with E-state index in [2.05, 4.69) is 21.9 Å². The summed E-state index contributed by atoms with van der Waals surface area (Å²) in [5.74, 6) is -0.0753. The summed E-state index contributed by atoms with van der Waals surface area (Å²) < 4.78 is 7.18. The molecule has 138 valence electrons. The van der Waals surface area contributed by atoms with Gasteiger partial charge in [-0.05, 0) is 25.2 Å². The van der Waals surface area contributed by atoms with Crippen LogP contribution in [0.3, 0.4) is 0 Å². The Morgan fingerprint density at radius 3 is 2.69 bits per heavy atom. The van der Waals surface area contributed by atoms with Gasteiger partial charge in [0.1, 0.15) is 11.4 Å². The molecule has 0 atom stereocenters. The summed E-state index contributed by atoms with van der Waals surface area (Å²) in [6.45, 7) is 8.42. The SMILES string of the molecule is C=CCN1C(=O)C(=Cc2c(C)nn(C)c2N2CCOCC2)C(=O)NC1=S. The number of rotatable bonds is 4. The van der Waals surface area contributed by atoms with Gasteiger partial charge in [-0.25, -0.2) is 0 Å². The third-order valence-electron chi connectivity index (χ3n) is 4.33. The van der Waals surface area contributed by atoms with E-state index in [0.717, 1.165) is 30.2 Å². The molecule has 9 heteroatoms. The summed E-state index contributed by atoms with van der Waals surface area (Å²) in [7, 11) is 1.85. The minimum Gasteiger partial charge on any atom is -0.378 e. The Labute approximate surface area is 157 Å². The zero-order valence-corrected chi connectivity index (χ0v) is 15.6. The van der Waals surface area contributed by atoms with Crippen molar-refractivity contribution in [1.29, 1.82) is 0 Å². The van der Waals surface area contributed by atoms with Crippen molar-refractivity contribution >= 4 is 41.0 Å². The Balaban J connectivity index is 2.03. The maximum Gasteiger partial charge on any atom is 0.265 e. The van der Waals surface area contributed by atoms with Crippen LogP contribution < -0.4 is 10.2 Å². The van der Waals surface area contributed by atoms with Crippen molar-refractivity contribution < 1.29 is 14.3 Å². The van der Waals surface area contributed by atoms with E-state index in [1.54, 1.807) is 16.8 Å². The van der Waals surface area contributed by atoms with Crippen LogP contribution in [0.4, 0.5) is 5.82 Å². The lowest BCUT2D eigenvalue weighted by Gasteiger charge is -2.30. The van der Waals surface area contributed by atoms with Gasteiger partial charge in [0.25, 0.3) is 11.8 Å². The highest BCUT2D eigenvalue weighted by molar-refractivity contribution is 7.80. The molecule has 0 bridgehead atoms. The van der Waals surface area contributed by atoms with Gasteiger partial charge in [-0.1, -0.05) is 6.08 Å². The van der Waals surface area contributed by atoms with Crippen LogP contribution in [-0.4, -0.2) is 64.5 Å². The fourth-order valence-electron chi connectivity index (χ4n) is 3.11. The van der Waals surface area contributed by atoms with Crippen LogP contribution in [0.15, 0.2) is 18.2 Å². The lowest BCUT2D eigenvalue weighted by molar-refractivity contribution is -0.128. The number of hydrogen-bond acceptors (Lipinski definition) is 6. The highest BCUT2D eigenvalue weighted by atomic mass is 32.1. The molecule has 3 rings (SSSR count). The van der Waals surface area contributed by atoms with Crippen molar-refractivity contribution in [3.05, 3.63) is 29.5 Å². The molecule has 0 radical (unpaired) electrons. The number of morpholine rings is 1. The highest BCUT2D eigenvalue weighted by Gasteiger charge is 2.33. The van der Waals surface area contributed by atoms with Gasteiger partial charge >= 0.3 is 0 Å².